The van der Waals surface area contributed by atoms with Crippen molar-refractivity contribution in [3.63, 3.8) is 0 Å². The van der Waals surface area contributed by atoms with Crippen LogP contribution in [0.15, 0.2) is 18.3 Å². The van der Waals surface area contributed by atoms with E-state index in [1.165, 1.54) is 0 Å². The van der Waals surface area contributed by atoms with Gasteiger partial charge in [0.1, 0.15) is 0 Å². The van der Waals surface area contributed by atoms with Crippen LogP contribution in [0, 0.1) is 0 Å². The van der Waals surface area contributed by atoms with E-state index in [4.69, 9.17) is 0 Å². The van der Waals surface area contributed by atoms with Crippen molar-refractivity contribution in [2.24, 2.45) is 0 Å². The van der Waals surface area contributed by atoms with E-state index in [1.807, 2.05) is 19.9 Å². The fraction of sp³-hybridized carbons (Fsp3) is 0.588. The number of hydrogen-bond acceptors (Lipinski definition) is 4. The fourth-order valence-electron chi connectivity index (χ4n) is 2.58. The number of carbonyl (C=O) groups is 2. The molecular weight excluding hydrogens is 306 g/mol. The topological polar surface area (TPSA) is 86.4 Å². The Morgan fingerprint density at radius 1 is 1.33 bits per heavy atom. The van der Waals surface area contributed by atoms with Crippen LogP contribution in [0.1, 0.15) is 39.5 Å². The first-order valence-corrected chi connectivity index (χ1v) is 8.64. The summed E-state index contributed by atoms with van der Waals surface area (Å²) in [6.07, 6.45) is 5.18. The zero-order valence-electron chi connectivity index (χ0n) is 14.5. The van der Waals surface area contributed by atoms with Crippen LogP contribution >= 0.6 is 0 Å². The van der Waals surface area contributed by atoms with E-state index < -0.39 is 0 Å². The average molecular weight is 333 g/mol. The van der Waals surface area contributed by atoms with Crippen molar-refractivity contribution >= 4 is 23.4 Å². The molecule has 0 aromatic carbocycles. The molecule has 1 atom stereocenters. The van der Waals surface area contributed by atoms with Crippen LogP contribution in [-0.2, 0) is 4.79 Å². The summed E-state index contributed by atoms with van der Waals surface area (Å²) in [6, 6.07) is 3.48. The van der Waals surface area contributed by atoms with Gasteiger partial charge in [-0.2, -0.15) is 0 Å². The molecule has 1 aliphatic heterocycles. The van der Waals surface area contributed by atoms with Crippen molar-refractivity contribution in [3.8, 4) is 0 Å². The minimum absolute atomic E-state index is 0.0521. The summed E-state index contributed by atoms with van der Waals surface area (Å²) in [5, 5.41) is 8.41. The second kappa shape index (κ2) is 9.10. The van der Waals surface area contributed by atoms with Crippen LogP contribution in [0.4, 0.5) is 16.3 Å². The van der Waals surface area contributed by atoms with Gasteiger partial charge in [-0.25, -0.2) is 9.78 Å². The van der Waals surface area contributed by atoms with E-state index in [0.717, 1.165) is 38.2 Å². The van der Waals surface area contributed by atoms with Crippen molar-refractivity contribution < 1.29 is 9.59 Å². The molecule has 24 heavy (non-hydrogen) atoms. The monoisotopic (exact) mass is 333 g/mol. The number of amides is 3. The smallest absolute Gasteiger partial charge is 0.319 e. The maximum absolute atomic E-state index is 12.0. The molecule has 132 valence electrons. The zero-order chi connectivity index (χ0) is 17.4. The van der Waals surface area contributed by atoms with Gasteiger partial charge >= 0.3 is 6.03 Å². The number of carbonyl (C=O) groups excluding carboxylic acids is 2. The summed E-state index contributed by atoms with van der Waals surface area (Å²) in [5.74, 6) is 0.753. The Balaban J connectivity index is 1.79. The van der Waals surface area contributed by atoms with Gasteiger partial charge in [0, 0.05) is 38.3 Å². The highest BCUT2D eigenvalue weighted by Crippen LogP contribution is 2.25. The van der Waals surface area contributed by atoms with Crippen LogP contribution in [-0.4, -0.2) is 42.6 Å². The van der Waals surface area contributed by atoms with Crippen molar-refractivity contribution in [1.29, 1.82) is 0 Å². The molecule has 1 saturated heterocycles. The molecule has 0 unspecified atom stereocenters. The lowest BCUT2D eigenvalue weighted by Gasteiger charge is -2.20. The molecule has 1 aliphatic rings. The Bertz CT molecular complexity index is 558. The normalized spacial score (nSPS) is 15.0. The molecule has 3 N–H and O–H groups in total. The fourth-order valence-corrected chi connectivity index (χ4v) is 2.58. The van der Waals surface area contributed by atoms with Crippen LogP contribution in [0.25, 0.3) is 0 Å². The van der Waals surface area contributed by atoms with Crippen molar-refractivity contribution in [1.82, 2.24) is 15.6 Å². The second-order valence-corrected chi connectivity index (χ2v) is 6.08. The van der Waals surface area contributed by atoms with Gasteiger partial charge in [-0.1, -0.05) is 6.92 Å². The molecule has 3 amide bonds. The number of pyridine rings is 1. The standard InChI is InChI=1S/C17H27N5O2/c1-3-13(2)20-15(23)8-10-19-17(24)21-14-7-6-9-18-16(14)22-11-4-5-12-22/h6-7,9,13H,3-5,8,10-12H2,1-2H3,(H,20,23)(H2,19,21,24)/t13-/m1/s1. The number of nitrogens with zero attached hydrogens (tertiary/aromatic N) is 2. The second-order valence-electron chi connectivity index (χ2n) is 6.08. The predicted octanol–water partition coefficient (Wildman–Crippen LogP) is 2.11. The van der Waals surface area contributed by atoms with Gasteiger partial charge in [0.2, 0.25) is 5.91 Å². The predicted molar refractivity (Wildman–Crippen MR) is 95.2 cm³/mol. The lowest BCUT2D eigenvalue weighted by molar-refractivity contribution is -0.121. The maximum atomic E-state index is 12.0. The third kappa shape index (κ3) is 5.40. The Labute approximate surface area is 143 Å². The first kappa shape index (κ1) is 18.0. The van der Waals surface area contributed by atoms with E-state index in [0.29, 0.717) is 12.2 Å². The van der Waals surface area contributed by atoms with E-state index in [1.54, 1.807) is 12.3 Å². The molecule has 1 aromatic rings. The molecule has 7 heteroatoms. The summed E-state index contributed by atoms with van der Waals surface area (Å²) in [7, 11) is 0. The summed E-state index contributed by atoms with van der Waals surface area (Å²) in [6.45, 7) is 6.20. The highest BCUT2D eigenvalue weighted by molar-refractivity contribution is 5.92. The third-order valence-corrected chi connectivity index (χ3v) is 4.10. The van der Waals surface area contributed by atoms with E-state index in [-0.39, 0.29) is 24.4 Å². The molecule has 1 fully saturated rings. The molecule has 7 nitrogen and oxygen atoms in total. The average Bonchev–Trinajstić information content (AvgIpc) is 3.09. The summed E-state index contributed by atoms with van der Waals surface area (Å²) in [5.41, 5.74) is 0.695. The maximum Gasteiger partial charge on any atom is 0.319 e. The third-order valence-electron chi connectivity index (χ3n) is 4.10. The minimum Gasteiger partial charge on any atom is -0.355 e. The van der Waals surface area contributed by atoms with Crippen molar-refractivity contribution in [2.75, 3.05) is 29.9 Å². The SMILES string of the molecule is CC[C@@H](C)NC(=O)CCNC(=O)Nc1cccnc1N1CCCC1. The summed E-state index contributed by atoms with van der Waals surface area (Å²) in [4.78, 5) is 30.3. The first-order chi connectivity index (χ1) is 11.6. The highest BCUT2D eigenvalue weighted by atomic mass is 16.2. The number of rotatable bonds is 7. The van der Waals surface area contributed by atoms with Gasteiger partial charge in [-0.3, -0.25) is 4.79 Å². The van der Waals surface area contributed by atoms with Crippen LogP contribution in [0.3, 0.4) is 0 Å². The Morgan fingerprint density at radius 2 is 2.08 bits per heavy atom. The van der Waals surface area contributed by atoms with Gasteiger partial charge in [0.25, 0.3) is 0 Å². The molecule has 2 rings (SSSR count). The van der Waals surface area contributed by atoms with E-state index >= 15 is 0 Å². The van der Waals surface area contributed by atoms with Crippen LogP contribution in [0.2, 0.25) is 0 Å². The molecule has 0 radical (unpaired) electrons. The first-order valence-electron chi connectivity index (χ1n) is 8.64. The lowest BCUT2D eigenvalue weighted by Crippen LogP contribution is -2.36. The Morgan fingerprint density at radius 3 is 2.79 bits per heavy atom. The van der Waals surface area contributed by atoms with Crippen molar-refractivity contribution in [3.05, 3.63) is 18.3 Å². The van der Waals surface area contributed by atoms with Gasteiger partial charge in [0.15, 0.2) is 5.82 Å². The van der Waals surface area contributed by atoms with Gasteiger partial charge < -0.3 is 20.9 Å². The quantitative estimate of drug-likeness (QED) is 0.713. The minimum atomic E-state index is -0.320. The number of aromatic nitrogens is 1. The largest absolute Gasteiger partial charge is 0.355 e. The van der Waals surface area contributed by atoms with E-state index in [2.05, 4.69) is 25.8 Å². The van der Waals surface area contributed by atoms with Gasteiger partial charge in [-0.15, -0.1) is 0 Å². The number of nitrogens with one attached hydrogen (secondary N) is 3. The number of anilines is 2. The van der Waals surface area contributed by atoms with E-state index in [9.17, 15) is 9.59 Å². The zero-order valence-corrected chi connectivity index (χ0v) is 14.5. The summed E-state index contributed by atoms with van der Waals surface area (Å²) >= 11 is 0. The molecule has 0 saturated carbocycles. The number of urea groups is 1. The van der Waals surface area contributed by atoms with Crippen LogP contribution in [0.5, 0.6) is 0 Å². The van der Waals surface area contributed by atoms with Crippen LogP contribution < -0.4 is 20.9 Å². The van der Waals surface area contributed by atoms with Gasteiger partial charge in [0.05, 0.1) is 5.69 Å². The lowest BCUT2D eigenvalue weighted by atomic mass is 10.2. The van der Waals surface area contributed by atoms with Crippen molar-refractivity contribution in [2.45, 2.75) is 45.6 Å². The molecule has 0 spiro atoms. The number of hydrogen-bond donors (Lipinski definition) is 3. The Hall–Kier alpha value is -2.31. The van der Waals surface area contributed by atoms with Gasteiger partial charge in [-0.05, 0) is 38.3 Å². The molecule has 2 heterocycles. The molecular formula is C17H27N5O2. The summed E-state index contributed by atoms with van der Waals surface area (Å²) < 4.78 is 0. The molecule has 0 bridgehead atoms. The molecule has 0 aliphatic carbocycles. The highest BCUT2D eigenvalue weighted by Gasteiger charge is 2.17. The molecule has 1 aromatic heterocycles. The Kier molecular flexibility index (Phi) is 6.84.